The number of halogens is 2. The third-order valence-corrected chi connectivity index (χ3v) is 2.32. The second kappa shape index (κ2) is 5.12. The van der Waals surface area contributed by atoms with Gasteiger partial charge in [-0.1, -0.05) is 11.6 Å². The smallest absolute Gasteiger partial charge is 0.330 e. The standard InChI is InChI=1S/C9H7BrClNO2/c1-14-9(13)3-2-6-4-8(11)12-5-7(6)10/h2-5H,1H3. The minimum Gasteiger partial charge on any atom is -0.466 e. The number of aromatic nitrogens is 1. The van der Waals surface area contributed by atoms with Crippen LogP contribution in [0.2, 0.25) is 5.15 Å². The minimum atomic E-state index is -0.412. The van der Waals surface area contributed by atoms with Crippen molar-refractivity contribution in [1.29, 1.82) is 0 Å². The van der Waals surface area contributed by atoms with Gasteiger partial charge in [0, 0.05) is 16.7 Å². The Hall–Kier alpha value is -0.870. The van der Waals surface area contributed by atoms with Gasteiger partial charge in [0.1, 0.15) is 5.15 Å². The number of methoxy groups -OCH3 is 1. The summed E-state index contributed by atoms with van der Waals surface area (Å²) < 4.78 is 5.22. The number of hydrogen-bond donors (Lipinski definition) is 0. The van der Waals surface area contributed by atoms with Crippen LogP contribution >= 0.6 is 27.5 Å². The van der Waals surface area contributed by atoms with Crippen molar-refractivity contribution in [3.05, 3.63) is 33.5 Å². The van der Waals surface area contributed by atoms with Gasteiger partial charge in [0.2, 0.25) is 0 Å². The van der Waals surface area contributed by atoms with E-state index in [9.17, 15) is 4.79 Å². The second-order valence-corrected chi connectivity index (χ2v) is 3.63. The van der Waals surface area contributed by atoms with E-state index in [4.69, 9.17) is 11.6 Å². The van der Waals surface area contributed by atoms with Crippen molar-refractivity contribution in [1.82, 2.24) is 4.98 Å². The number of hydrogen-bond acceptors (Lipinski definition) is 3. The first kappa shape index (κ1) is 11.2. The Balaban J connectivity index is 2.90. The molecule has 0 aromatic carbocycles. The molecule has 1 aromatic heterocycles. The molecule has 1 rings (SSSR count). The Morgan fingerprint density at radius 1 is 1.71 bits per heavy atom. The molecule has 0 spiro atoms. The van der Waals surface area contributed by atoms with Crippen molar-refractivity contribution in [2.45, 2.75) is 0 Å². The number of carbonyl (C=O) groups excluding carboxylic acids is 1. The van der Waals surface area contributed by atoms with Gasteiger partial charge >= 0.3 is 5.97 Å². The van der Waals surface area contributed by atoms with Crippen LogP contribution in [0.3, 0.4) is 0 Å². The van der Waals surface area contributed by atoms with Crippen molar-refractivity contribution < 1.29 is 9.53 Å². The molecule has 0 aliphatic rings. The molecule has 74 valence electrons. The van der Waals surface area contributed by atoms with Gasteiger partial charge in [-0.25, -0.2) is 9.78 Å². The normalized spacial score (nSPS) is 10.5. The van der Waals surface area contributed by atoms with E-state index in [0.29, 0.717) is 5.15 Å². The van der Waals surface area contributed by atoms with Crippen LogP contribution in [0.5, 0.6) is 0 Å². The molecule has 0 saturated carbocycles. The zero-order valence-corrected chi connectivity index (χ0v) is 9.67. The highest BCUT2D eigenvalue weighted by atomic mass is 79.9. The monoisotopic (exact) mass is 275 g/mol. The Labute approximate surface area is 94.9 Å². The van der Waals surface area contributed by atoms with E-state index in [1.165, 1.54) is 13.2 Å². The van der Waals surface area contributed by atoms with E-state index in [1.807, 2.05) is 0 Å². The summed E-state index contributed by atoms with van der Waals surface area (Å²) in [5, 5.41) is 0.373. The van der Waals surface area contributed by atoms with Crippen LogP contribution in [-0.4, -0.2) is 18.1 Å². The highest BCUT2D eigenvalue weighted by Crippen LogP contribution is 2.19. The zero-order valence-electron chi connectivity index (χ0n) is 7.33. The summed E-state index contributed by atoms with van der Waals surface area (Å²) in [5.41, 5.74) is 0.774. The van der Waals surface area contributed by atoms with E-state index in [2.05, 4.69) is 25.7 Å². The molecule has 0 fully saturated rings. The molecule has 0 radical (unpaired) electrons. The van der Waals surface area contributed by atoms with Gasteiger partial charge in [-0.05, 0) is 33.6 Å². The van der Waals surface area contributed by atoms with Gasteiger partial charge in [0.05, 0.1) is 7.11 Å². The number of carbonyl (C=O) groups is 1. The number of esters is 1. The highest BCUT2D eigenvalue weighted by Gasteiger charge is 1.99. The van der Waals surface area contributed by atoms with Crippen LogP contribution in [0.15, 0.2) is 22.8 Å². The van der Waals surface area contributed by atoms with Gasteiger partial charge < -0.3 is 4.74 Å². The van der Waals surface area contributed by atoms with Gasteiger partial charge in [-0.15, -0.1) is 0 Å². The van der Waals surface area contributed by atoms with E-state index >= 15 is 0 Å². The lowest BCUT2D eigenvalue weighted by Crippen LogP contribution is -1.93. The molecule has 0 atom stereocenters. The van der Waals surface area contributed by atoms with E-state index in [1.54, 1.807) is 18.3 Å². The second-order valence-electron chi connectivity index (χ2n) is 2.39. The van der Waals surface area contributed by atoms with Crippen molar-refractivity contribution in [2.24, 2.45) is 0 Å². The molecule has 1 aromatic rings. The lowest BCUT2D eigenvalue weighted by molar-refractivity contribution is -0.134. The summed E-state index contributed by atoms with van der Waals surface area (Å²) in [5.74, 6) is -0.412. The summed E-state index contributed by atoms with van der Waals surface area (Å²) in [6.45, 7) is 0. The molecule has 1 heterocycles. The Morgan fingerprint density at radius 3 is 3.07 bits per heavy atom. The van der Waals surface area contributed by atoms with E-state index in [0.717, 1.165) is 10.0 Å². The first-order chi connectivity index (χ1) is 6.63. The molecule has 0 unspecified atom stereocenters. The number of pyridine rings is 1. The third-order valence-electron chi connectivity index (χ3n) is 1.45. The van der Waals surface area contributed by atoms with Crippen LogP contribution in [0, 0.1) is 0 Å². The molecular formula is C9H7BrClNO2. The van der Waals surface area contributed by atoms with Gasteiger partial charge in [-0.3, -0.25) is 0 Å². The zero-order chi connectivity index (χ0) is 10.6. The van der Waals surface area contributed by atoms with Gasteiger partial charge in [-0.2, -0.15) is 0 Å². The fourth-order valence-corrected chi connectivity index (χ4v) is 1.30. The third kappa shape index (κ3) is 3.12. The maximum absolute atomic E-state index is 10.8. The lowest BCUT2D eigenvalue weighted by Gasteiger charge is -1.97. The fourth-order valence-electron chi connectivity index (χ4n) is 0.781. The molecule has 0 aliphatic carbocycles. The molecule has 0 N–H and O–H groups in total. The number of ether oxygens (including phenoxy) is 1. The molecule has 5 heteroatoms. The summed E-state index contributed by atoms with van der Waals surface area (Å²) in [6.07, 6.45) is 4.49. The molecule has 0 saturated heterocycles. The van der Waals surface area contributed by atoms with Crippen molar-refractivity contribution in [2.75, 3.05) is 7.11 Å². The maximum atomic E-state index is 10.8. The average molecular weight is 277 g/mol. The first-order valence-electron chi connectivity index (χ1n) is 3.70. The minimum absolute atomic E-state index is 0.373. The van der Waals surface area contributed by atoms with Crippen LogP contribution in [0.4, 0.5) is 0 Å². The Morgan fingerprint density at radius 2 is 2.43 bits per heavy atom. The first-order valence-corrected chi connectivity index (χ1v) is 4.87. The van der Waals surface area contributed by atoms with Crippen LogP contribution in [0.25, 0.3) is 6.08 Å². The SMILES string of the molecule is COC(=O)C=Cc1cc(Cl)ncc1Br. The molecule has 0 amide bonds. The van der Waals surface area contributed by atoms with Crippen LogP contribution in [-0.2, 0) is 9.53 Å². The van der Waals surface area contributed by atoms with Crippen molar-refractivity contribution in [3.63, 3.8) is 0 Å². The van der Waals surface area contributed by atoms with Crippen LogP contribution < -0.4 is 0 Å². The summed E-state index contributed by atoms with van der Waals surface area (Å²) in [4.78, 5) is 14.7. The summed E-state index contributed by atoms with van der Waals surface area (Å²) in [7, 11) is 1.32. The Kier molecular flexibility index (Phi) is 4.10. The molecule has 0 aliphatic heterocycles. The summed E-state index contributed by atoms with van der Waals surface area (Å²) >= 11 is 8.96. The molecule has 0 bridgehead atoms. The topological polar surface area (TPSA) is 39.2 Å². The molecule has 14 heavy (non-hydrogen) atoms. The Bertz CT molecular complexity index is 379. The van der Waals surface area contributed by atoms with Crippen LogP contribution in [0.1, 0.15) is 5.56 Å². The van der Waals surface area contributed by atoms with E-state index in [-0.39, 0.29) is 0 Å². The quantitative estimate of drug-likeness (QED) is 0.474. The van der Waals surface area contributed by atoms with E-state index < -0.39 is 5.97 Å². The van der Waals surface area contributed by atoms with Gasteiger partial charge in [0.15, 0.2) is 0 Å². The maximum Gasteiger partial charge on any atom is 0.330 e. The fraction of sp³-hybridized carbons (Fsp3) is 0.111. The molecular weight excluding hydrogens is 269 g/mol. The number of rotatable bonds is 2. The predicted molar refractivity (Wildman–Crippen MR) is 58.0 cm³/mol. The summed E-state index contributed by atoms with van der Waals surface area (Å²) in [6, 6.07) is 1.64. The van der Waals surface area contributed by atoms with Crippen molar-refractivity contribution in [3.8, 4) is 0 Å². The average Bonchev–Trinajstić information content (AvgIpc) is 2.19. The van der Waals surface area contributed by atoms with Crippen molar-refractivity contribution >= 4 is 39.6 Å². The predicted octanol–water partition coefficient (Wildman–Crippen LogP) is 2.68. The van der Waals surface area contributed by atoms with Gasteiger partial charge in [0.25, 0.3) is 0 Å². The highest BCUT2D eigenvalue weighted by molar-refractivity contribution is 9.10. The number of nitrogens with zero attached hydrogens (tertiary/aromatic N) is 1. The lowest BCUT2D eigenvalue weighted by atomic mass is 10.2. The largest absolute Gasteiger partial charge is 0.466 e. The molecule has 3 nitrogen and oxygen atoms in total.